The molecule has 1 nitrogen and oxygen atoms in total. The second-order valence-corrected chi connectivity index (χ2v) is 6.76. The van der Waals surface area contributed by atoms with Crippen LogP contribution in [0.15, 0.2) is 23.8 Å². The van der Waals surface area contributed by atoms with E-state index >= 15 is 0 Å². The fraction of sp³-hybridized carbons (Fsp3) is 0.688. The van der Waals surface area contributed by atoms with Gasteiger partial charge in [0.1, 0.15) is 0 Å². The molecule has 104 valence electrons. The molecule has 0 aliphatic rings. The highest BCUT2D eigenvalue weighted by Crippen LogP contribution is 2.24. The van der Waals surface area contributed by atoms with E-state index in [1.165, 1.54) is 25.3 Å². The van der Waals surface area contributed by atoms with Crippen molar-refractivity contribution in [2.75, 3.05) is 0 Å². The SMILES string of the molecule is CC(/C=C/CC(C)CCCC(C)(C)C)=C\C(=O)Cl. The molecular formula is C16H27ClO. The first-order chi connectivity index (χ1) is 8.20. The van der Waals surface area contributed by atoms with Crippen molar-refractivity contribution in [3.05, 3.63) is 23.8 Å². The second-order valence-electron chi connectivity index (χ2n) is 6.39. The fourth-order valence-corrected chi connectivity index (χ4v) is 1.98. The van der Waals surface area contributed by atoms with Crippen LogP contribution in [-0.2, 0) is 4.79 Å². The van der Waals surface area contributed by atoms with E-state index < -0.39 is 5.24 Å². The predicted molar refractivity (Wildman–Crippen MR) is 80.8 cm³/mol. The Kier molecular flexibility index (Phi) is 8.26. The van der Waals surface area contributed by atoms with Crippen LogP contribution >= 0.6 is 11.6 Å². The Hall–Kier alpha value is -0.560. The van der Waals surface area contributed by atoms with E-state index in [1.54, 1.807) is 0 Å². The van der Waals surface area contributed by atoms with Gasteiger partial charge in [-0.25, -0.2) is 0 Å². The monoisotopic (exact) mass is 270 g/mol. The Balaban J connectivity index is 3.87. The average Bonchev–Trinajstić information content (AvgIpc) is 2.13. The maximum Gasteiger partial charge on any atom is 0.245 e. The molecule has 0 spiro atoms. The van der Waals surface area contributed by atoms with Gasteiger partial charge in [-0.1, -0.05) is 52.7 Å². The van der Waals surface area contributed by atoms with Gasteiger partial charge in [0, 0.05) is 6.08 Å². The smallest absolute Gasteiger partial charge is 0.245 e. The number of hydrogen-bond acceptors (Lipinski definition) is 1. The standard InChI is InChI=1S/C16H27ClO/c1-13(10-7-11-16(3,4)5)8-6-9-14(2)12-15(17)18/h6,9,12-13H,7-8,10-11H2,1-5H3/b9-6+,14-12+. The van der Waals surface area contributed by atoms with Gasteiger partial charge < -0.3 is 0 Å². The molecule has 1 unspecified atom stereocenters. The predicted octanol–water partition coefficient (Wildman–Crippen LogP) is 5.50. The van der Waals surface area contributed by atoms with Crippen molar-refractivity contribution in [1.82, 2.24) is 0 Å². The largest absolute Gasteiger partial charge is 0.276 e. The summed E-state index contributed by atoms with van der Waals surface area (Å²) in [5.41, 5.74) is 1.35. The van der Waals surface area contributed by atoms with Crippen LogP contribution in [0.4, 0.5) is 0 Å². The summed E-state index contributed by atoms with van der Waals surface area (Å²) in [5, 5.41) is -0.407. The summed E-state index contributed by atoms with van der Waals surface area (Å²) in [7, 11) is 0. The molecule has 0 heterocycles. The van der Waals surface area contributed by atoms with E-state index in [-0.39, 0.29) is 0 Å². The quantitative estimate of drug-likeness (QED) is 0.339. The van der Waals surface area contributed by atoms with E-state index in [1.807, 2.05) is 13.0 Å². The van der Waals surface area contributed by atoms with E-state index in [4.69, 9.17) is 11.6 Å². The Morgan fingerprint density at radius 3 is 2.44 bits per heavy atom. The Labute approximate surface area is 117 Å². The highest BCUT2D eigenvalue weighted by atomic mass is 35.5. The molecule has 0 aromatic rings. The Morgan fingerprint density at radius 2 is 1.94 bits per heavy atom. The van der Waals surface area contributed by atoms with Crippen LogP contribution in [0.1, 0.15) is 60.3 Å². The molecular weight excluding hydrogens is 244 g/mol. The van der Waals surface area contributed by atoms with Gasteiger partial charge in [-0.3, -0.25) is 4.79 Å². The highest BCUT2D eigenvalue weighted by molar-refractivity contribution is 6.66. The molecule has 0 N–H and O–H groups in total. The maximum absolute atomic E-state index is 10.6. The molecule has 0 saturated heterocycles. The molecule has 0 radical (unpaired) electrons. The van der Waals surface area contributed by atoms with Crippen LogP contribution in [0, 0.1) is 11.3 Å². The zero-order chi connectivity index (χ0) is 14.2. The topological polar surface area (TPSA) is 17.1 Å². The first kappa shape index (κ1) is 17.4. The lowest BCUT2D eigenvalue weighted by atomic mass is 9.87. The molecule has 0 saturated carbocycles. The van der Waals surface area contributed by atoms with Gasteiger partial charge in [0.05, 0.1) is 0 Å². The summed E-state index contributed by atoms with van der Waals surface area (Å²) in [5.74, 6) is 0.697. The number of allylic oxidation sites excluding steroid dienone is 4. The first-order valence-electron chi connectivity index (χ1n) is 6.75. The fourth-order valence-electron chi connectivity index (χ4n) is 1.81. The molecule has 0 aromatic carbocycles. The molecule has 0 fully saturated rings. The minimum Gasteiger partial charge on any atom is -0.276 e. The number of carbonyl (C=O) groups excluding carboxylic acids is 1. The van der Waals surface area contributed by atoms with Gasteiger partial charge in [0.15, 0.2) is 0 Å². The maximum atomic E-state index is 10.6. The number of rotatable bonds is 7. The van der Waals surface area contributed by atoms with Crippen molar-refractivity contribution in [3.63, 3.8) is 0 Å². The second kappa shape index (κ2) is 8.53. The molecule has 0 rings (SSSR count). The summed E-state index contributed by atoms with van der Waals surface area (Å²) < 4.78 is 0. The van der Waals surface area contributed by atoms with Crippen molar-refractivity contribution in [2.24, 2.45) is 11.3 Å². The van der Waals surface area contributed by atoms with Crippen LogP contribution < -0.4 is 0 Å². The average molecular weight is 271 g/mol. The third-order valence-electron chi connectivity index (χ3n) is 2.88. The molecule has 0 bridgehead atoms. The third kappa shape index (κ3) is 11.9. The van der Waals surface area contributed by atoms with Crippen LogP contribution in [0.3, 0.4) is 0 Å². The Morgan fingerprint density at radius 1 is 1.33 bits per heavy atom. The molecule has 0 aliphatic carbocycles. The lowest BCUT2D eigenvalue weighted by Gasteiger charge is -2.18. The lowest BCUT2D eigenvalue weighted by molar-refractivity contribution is -0.107. The minimum absolute atomic E-state index is 0.407. The van der Waals surface area contributed by atoms with Crippen LogP contribution in [-0.4, -0.2) is 5.24 Å². The van der Waals surface area contributed by atoms with Crippen molar-refractivity contribution >= 4 is 16.8 Å². The van der Waals surface area contributed by atoms with E-state index in [0.29, 0.717) is 11.3 Å². The summed E-state index contributed by atoms with van der Waals surface area (Å²) in [6.45, 7) is 11.0. The third-order valence-corrected chi connectivity index (χ3v) is 2.99. The van der Waals surface area contributed by atoms with Crippen molar-refractivity contribution in [1.29, 1.82) is 0 Å². The van der Waals surface area contributed by atoms with Crippen LogP contribution in [0.25, 0.3) is 0 Å². The summed E-state index contributed by atoms with van der Waals surface area (Å²) in [4.78, 5) is 10.6. The van der Waals surface area contributed by atoms with E-state index in [2.05, 4.69) is 33.8 Å². The summed E-state index contributed by atoms with van der Waals surface area (Å²) >= 11 is 5.28. The van der Waals surface area contributed by atoms with Gasteiger partial charge in [0.2, 0.25) is 5.24 Å². The van der Waals surface area contributed by atoms with E-state index in [9.17, 15) is 4.79 Å². The van der Waals surface area contributed by atoms with Crippen LogP contribution in [0.2, 0.25) is 0 Å². The molecule has 1 atom stereocenters. The normalized spacial score (nSPS) is 15.1. The van der Waals surface area contributed by atoms with Gasteiger partial charge in [0.25, 0.3) is 0 Å². The highest BCUT2D eigenvalue weighted by Gasteiger charge is 2.10. The van der Waals surface area contributed by atoms with Gasteiger partial charge in [-0.15, -0.1) is 0 Å². The molecule has 0 amide bonds. The van der Waals surface area contributed by atoms with Crippen LogP contribution in [0.5, 0.6) is 0 Å². The first-order valence-corrected chi connectivity index (χ1v) is 7.13. The number of hydrogen-bond donors (Lipinski definition) is 0. The number of carbonyl (C=O) groups is 1. The summed E-state index contributed by atoms with van der Waals surface area (Å²) in [6.07, 6.45) is 10.4. The molecule has 0 aliphatic heterocycles. The lowest BCUT2D eigenvalue weighted by Crippen LogP contribution is -2.05. The zero-order valence-electron chi connectivity index (χ0n) is 12.4. The minimum atomic E-state index is -0.407. The van der Waals surface area contributed by atoms with E-state index in [0.717, 1.165) is 12.0 Å². The summed E-state index contributed by atoms with van der Waals surface area (Å²) in [6, 6.07) is 0. The van der Waals surface area contributed by atoms with Crippen molar-refractivity contribution in [2.45, 2.75) is 60.3 Å². The van der Waals surface area contributed by atoms with Gasteiger partial charge in [-0.05, 0) is 48.3 Å². The number of halogens is 1. The molecule has 18 heavy (non-hydrogen) atoms. The Bertz CT molecular complexity index is 308. The van der Waals surface area contributed by atoms with Gasteiger partial charge in [-0.2, -0.15) is 0 Å². The van der Waals surface area contributed by atoms with Gasteiger partial charge >= 0.3 is 0 Å². The van der Waals surface area contributed by atoms with Crippen molar-refractivity contribution < 1.29 is 4.79 Å². The zero-order valence-corrected chi connectivity index (χ0v) is 13.2. The van der Waals surface area contributed by atoms with Crippen molar-refractivity contribution in [3.8, 4) is 0 Å². The molecule has 0 aromatic heterocycles. The molecule has 2 heteroatoms.